The number of hydrogen-bond donors (Lipinski definition) is 2. The lowest BCUT2D eigenvalue weighted by molar-refractivity contribution is 0.111. The predicted molar refractivity (Wildman–Crippen MR) is 213 cm³/mol. The number of carbonyl (C=O) groups excluding carboxylic acids is 2. The highest BCUT2D eigenvalue weighted by molar-refractivity contribution is 9.10. The van der Waals surface area contributed by atoms with Gasteiger partial charge >= 0.3 is 7.12 Å². The molecule has 0 saturated heterocycles. The summed E-state index contributed by atoms with van der Waals surface area (Å²) in [5, 5.41) is 28.6. The summed E-state index contributed by atoms with van der Waals surface area (Å²) in [5.74, 6) is 0. The Hall–Kier alpha value is -4.82. The monoisotopic (exact) mass is 756 g/mol. The van der Waals surface area contributed by atoms with Gasteiger partial charge in [0.25, 0.3) is 0 Å². The summed E-state index contributed by atoms with van der Waals surface area (Å²) in [7, 11) is -1.44. The molecular formula is C42H28BBrCl2O4. The Labute approximate surface area is 307 Å². The van der Waals surface area contributed by atoms with Crippen LogP contribution in [0.1, 0.15) is 20.7 Å². The Kier molecular flexibility index (Phi) is 11.1. The number of halogens is 3. The van der Waals surface area contributed by atoms with Gasteiger partial charge in [-0.1, -0.05) is 160 Å². The molecule has 0 aromatic heterocycles. The summed E-state index contributed by atoms with van der Waals surface area (Å²) in [6, 6.07) is 47.1. The van der Waals surface area contributed by atoms with Crippen LogP contribution in [0.3, 0.4) is 0 Å². The topological polar surface area (TPSA) is 74.6 Å². The minimum atomic E-state index is -1.44. The first-order valence-electron chi connectivity index (χ1n) is 15.6. The lowest BCUT2D eigenvalue weighted by atomic mass is 9.76. The van der Waals surface area contributed by atoms with Gasteiger partial charge in [-0.05, 0) is 83.9 Å². The van der Waals surface area contributed by atoms with Crippen LogP contribution in [0, 0.1) is 0 Å². The van der Waals surface area contributed by atoms with E-state index in [-0.39, 0.29) is 0 Å². The van der Waals surface area contributed by atoms with Gasteiger partial charge in [0.2, 0.25) is 0 Å². The normalized spacial score (nSPS) is 10.7. The highest BCUT2D eigenvalue weighted by Crippen LogP contribution is 2.37. The fourth-order valence-corrected chi connectivity index (χ4v) is 7.10. The van der Waals surface area contributed by atoms with Crippen LogP contribution in [0.15, 0.2) is 150 Å². The fourth-order valence-electron chi connectivity index (χ4n) is 6.09. The molecule has 0 radical (unpaired) electrons. The van der Waals surface area contributed by atoms with Crippen LogP contribution in [0.4, 0.5) is 0 Å². The van der Waals surface area contributed by atoms with Crippen molar-refractivity contribution in [2.75, 3.05) is 0 Å². The van der Waals surface area contributed by atoms with Crippen molar-refractivity contribution < 1.29 is 19.6 Å². The average molecular weight is 758 g/mol. The maximum Gasteiger partial charge on any atom is 0.489 e. The molecule has 8 aromatic rings. The molecular weight excluding hydrogens is 730 g/mol. The van der Waals surface area contributed by atoms with Crippen molar-refractivity contribution in [3.63, 3.8) is 0 Å². The molecule has 0 aliphatic rings. The molecule has 0 aliphatic carbocycles. The molecule has 0 amide bonds. The quantitative estimate of drug-likeness (QED) is 0.106. The maximum atomic E-state index is 11.5. The third-order valence-electron chi connectivity index (χ3n) is 8.42. The zero-order valence-corrected chi connectivity index (χ0v) is 29.5. The van der Waals surface area contributed by atoms with Crippen molar-refractivity contribution in [1.82, 2.24) is 0 Å². The van der Waals surface area contributed by atoms with E-state index in [0.29, 0.717) is 26.6 Å². The third-order valence-corrected chi connectivity index (χ3v) is 9.78. The second-order valence-corrected chi connectivity index (χ2v) is 13.0. The summed E-state index contributed by atoms with van der Waals surface area (Å²) in [4.78, 5) is 21.9. The summed E-state index contributed by atoms with van der Waals surface area (Å²) in [5.41, 5.74) is 3.50. The number of carbonyl (C=O) groups is 2. The van der Waals surface area contributed by atoms with Crippen molar-refractivity contribution in [2.24, 2.45) is 0 Å². The summed E-state index contributed by atoms with van der Waals surface area (Å²) in [6.07, 6.45) is 1.56. The summed E-state index contributed by atoms with van der Waals surface area (Å²) >= 11 is 15.1. The molecule has 0 spiro atoms. The van der Waals surface area contributed by atoms with E-state index in [0.717, 1.165) is 60.5 Å². The molecule has 0 saturated carbocycles. The van der Waals surface area contributed by atoms with Gasteiger partial charge in [-0.25, -0.2) is 0 Å². The summed E-state index contributed by atoms with van der Waals surface area (Å²) < 4.78 is 0.731. The smallest absolute Gasteiger partial charge is 0.423 e. The first-order chi connectivity index (χ1) is 24.3. The molecule has 0 heterocycles. The SMILES string of the molecule is O=Cc1c(Cl)cccc1-c1cc2ccccc2c2ccccc12.O=Cc1c(Cl)cccc1Br.OB(O)c1cc2ccccc2c2ccccc12. The molecule has 2 N–H and O–H groups in total. The van der Waals surface area contributed by atoms with E-state index in [4.69, 9.17) is 23.2 Å². The molecule has 0 fully saturated rings. The largest absolute Gasteiger partial charge is 0.489 e. The lowest BCUT2D eigenvalue weighted by Crippen LogP contribution is -2.30. The van der Waals surface area contributed by atoms with Gasteiger partial charge in [0.1, 0.15) is 0 Å². The standard InChI is InChI=1S/C21H13ClO.C14H11BO2.C7H4BrClO/c22-21-11-5-10-18(20(21)13-23)19-12-14-6-1-2-7-15(14)16-8-3-4-9-17(16)19;16-15(17)14-9-10-5-1-2-6-11(10)12-7-3-4-8-13(12)14;8-6-2-1-3-7(9)5(6)4-10/h1-13H;1-9,16-17H;1-4H. The second kappa shape index (κ2) is 15.8. The van der Waals surface area contributed by atoms with E-state index < -0.39 is 7.12 Å². The van der Waals surface area contributed by atoms with Gasteiger partial charge in [0, 0.05) is 15.6 Å². The molecule has 8 rings (SSSR count). The molecule has 0 unspecified atom stereocenters. The molecule has 8 aromatic carbocycles. The van der Waals surface area contributed by atoms with Crippen LogP contribution in [0.5, 0.6) is 0 Å². The second-order valence-electron chi connectivity index (χ2n) is 11.4. The van der Waals surface area contributed by atoms with Gasteiger partial charge in [-0.3, -0.25) is 9.59 Å². The van der Waals surface area contributed by atoms with Gasteiger partial charge in [-0.2, -0.15) is 0 Å². The molecule has 0 atom stereocenters. The molecule has 0 bridgehead atoms. The summed E-state index contributed by atoms with van der Waals surface area (Å²) in [6.45, 7) is 0. The number of aldehydes is 2. The highest BCUT2D eigenvalue weighted by atomic mass is 79.9. The van der Waals surface area contributed by atoms with Crippen LogP contribution in [-0.4, -0.2) is 29.7 Å². The van der Waals surface area contributed by atoms with Gasteiger partial charge in [0.15, 0.2) is 12.6 Å². The van der Waals surface area contributed by atoms with Gasteiger partial charge in [-0.15, -0.1) is 0 Å². The van der Waals surface area contributed by atoms with Crippen LogP contribution >= 0.6 is 39.1 Å². The van der Waals surface area contributed by atoms with E-state index in [9.17, 15) is 19.6 Å². The van der Waals surface area contributed by atoms with Crippen molar-refractivity contribution in [3.8, 4) is 11.1 Å². The molecule has 8 heteroatoms. The third kappa shape index (κ3) is 7.22. The van der Waals surface area contributed by atoms with E-state index in [1.165, 1.54) is 10.8 Å². The Morgan fingerprint density at radius 3 is 1.48 bits per heavy atom. The zero-order valence-electron chi connectivity index (χ0n) is 26.4. The number of rotatable bonds is 4. The lowest BCUT2D eigenvalue weighted by Gasteiger charge is -2.13. The maximum absolute atomic E-state index is 11.5. The van der Waals surface area contributed by atoms with Gasteiger partial charge in [0.05, 0.1) is 10.0 Å². The van der Waals surface area contributed by atoms with Crippen molar-refractivity contribution in [1.29, 1.82) is 0 Å². The van der Waals surface area contributed by atoms with Crippen LogP contribution in [0.2, 0.25) is 10.0 Å². The molecule has 4 nitrogen and oxygen atoms in total. The van der Waals surface area contributed by atoms with E-state index in [1.54, 1.807) is 24.3 Å². The fraction of sp³-hybridized carbons (Fsp3) is 0. The number of benzene rings is 8. The minimum absolute atomic E-state index is 0.476. The Morgan fingerprint density at radius 1 is 0.480 bits per heavy atom. The minimum Gasteiger partial charge on any atom is -0.423 e. The first kappa shape index (κ1) is 35.0. The van der Waals surface area contributed by atoms with Crippen molar-refractivity contribution in [3.05, 3.63) is 171 Å². The molecule has 50 heavy (non-hydrogen) atoms. The first-order valence-corrected chi connectivity index (χ1v) is 17.2. The van der Waals surface area contributed by atoms with E-state index in [2.05, 4.69) is 46.3 Å². The van der Waals surface area contributed by atoms with E-state index in [1.807, 2.05) is 91.0 Å². The van der Waals surface area contributed by atoms with Crippen LogP contribution < -0.4 is 5.46 Å². The predicted octanol–water partition coefficient (Wildman–Crippen LogP) is 10.7. The number of hydrogen-bond acceptors (Lipinski definition) is 4. The van der Waals surface area contributed by atoms with Gasteiger partial charge < -0.3 is 10.0 Å². The van der Waals surface area contributed by atoms with Crippen molar-refractivity contribution >= 4 is 107 Å². The Bertz CT molecular complexity index is 2500. The highest BCUT2D eigenvalue weighted by Gasteiger charge is 2.16. The van der Waals surface area contributed by atoms with Crippen LogP contribution in [-0.2, 0) is 0 Å². The van der Waals surface area contributed by atoms with Crippen molar-refractivity contribution in [2.45, 2.75) is 0 Å². The number of fused-ring (bicyclic) bond motifs is 6. The zero-order chi connectivity index (χ0) is 35.2. The average Bonchev–Trinajstić information content (AvgIpc) is 3.14. The Morgan fingerprint density at radius 2 is 0.940 bits per heavy atom. The molecule has 0 aliphatic heterocycles. The van der Waals surface area contributed by atoms with E-state index >= 15 is 0 Å². The Balaban J connectivity index is 0.000000141. The molecule has 244 valence electrons. The van der Waals surface area contributed by atoms with Crippen LogP contribution in [0.25, 0.3) is 54.2 Å².